The maximum absolute atomic E-state index is 12.8. The second-order valence-electron chi connectivity index (χ2n) is 6.32. The van der Waals surface area contributed by atoms with Gasteiger partial charge in [0, 0.05) is 18.0 Å². The number of hydrogen-bond acceptors (Lipinski definition) is 4. The van der Waals surface area contributed by atoms with Crippen LogP contribution in [0.3, 0.4) is 0 Å². The lowest BCUT2D eigenvalue weighted by molar-refractivity contribution is -0.139. The van der Waals surface area contributed by atoms with E-state index >= 15 is 0 Å². The summed E-state index contributed by atoms with van der Waals surface area (Å²) in [5.41, 5.74) is -0.106. The number of urea groups is 1. The number of imide groups is 1. The van der Waals surface area contributed by atoms with Crippen LogP contribution in [0, 0.1) is 0 Å². The third-order valence-corrected chi connectivity index (χ3v) is 5.62. The molecule has 0 saturated carbocycles. The fraction of sp³-hybridized carbons (Fsp3) is 0.316. The van der Waals surface area contributed by atoms with Crippen LogP contribution in [0.5, 0.6) is 0 Å². The molecular formula is C19H21N3O3S. The second-order valence-corrected chi connectivity index (χ2v) is 7.26. The summed E-state index contributed by atoms with van der Waals surface area (Å²) in [4.78, 5) is 41.2. The highest BCUT2D eigenvalue weighted by Crippen LogP contribution is 2.31. The van der Waals surface area contributed by atoms with Crippen LogP contribution in [-0.4, -0.2) is 40.7 Å². The monoisotopic (exact) mass is 371 g/mol. The lowest BCUT2D eigenvalue weighted by Gasteiger charge is -2.24. The molecule has 7 heteroatoms. The van der Waals surface area contributed by atoms with Gasteiger partial charge in [0.25, 0.3) is 5.91 Å². The number of thiophene rings is 1. The maximum atomic E-state index is 12.8. The van der Waals surface area contributed by atoms with Crippen LogP contribution in [0.4, 0.5) is 4.79 Å². The molecule has 26 heavy (non-hydrogen) atoms. The summed E-state index contributed by atoms with van der Waals surface area (Å²) in [5, 5.41) is 4.58. The van der Waals surface area contributed by atoms with Crippen molar-refractivity contribution in [3.05, 3.63) is 58.3 Å². The lowest BCUT2D eigenvalue weighted by atomic mass is 10.0. The van der Waals surface area contributed by atoms with E-state index in [1.54, 1.807) is 11.8 Å². The minimum Gasteiger partial charge on any atom is -0.337 e. The SMILES string of the molecule is CCN(Cc1ccccc1)C(=O)CN1C(=O)NC(C)(c2cccs2)C1=O. The average Bonchev–Trinajstić information content (AvgIpc) is 3.25. The van der Waals surface area contributed by atoms with Gasteiger partial charge in [-0.3, -0.25) is 14.5 Å². The Morgan fingerprint density at radius 2 is 1.92 bits per heavy atom. The molecular weight excluding hydrogens is 350 g/mol. The summed E-state index contributed by atoms with van der Waals surface area (Å²) in [6.45, 7) is 4.24. The predicted molar refractivity (Wildman–Crippen MR) is 99.4 cm³/mol. The fourth-order valence-corrected chi connectivity index (χ4v) is 3.82. The molecule has 2 heterocycles. The molecule has 1 N–H and O–H groups in total. The Morgan fingerprint density at radius 3 is 2.54 bits per heavy atom. The third kappa shape index (κ3) is 3.35. The normalized spacial score (nSPS) is 19.5. The number of benzene rings is 1. The van der Waals surface area contributed by atoms with Crippen molar-refractivity contribution in [1.82, 2.24) is 15.1 Å². The van der Waals surface area contributed by atoms with Crippen molar-refractivity contribution in [2.45, 2.75) is 25.9 Å². The molecule has 1 unspecified atom stereocenters. The molecule has 1 fully saturated rings. The van der Waals surface area contributed by atoms with E-state index in [0.29, 0.717) is 13.1 Å². The summed E-state index contributed by atoms with van der Waals surface area (Å²) in [6, 6.07) is 12.7. The molecule has 1 atom stereocenters. The van der Waals surface area contributed by atoms with Gasteiger partial charge in [0.15, 0.2) is 5.54 Å². The molecule has 4 amide bonds. The standard InChI is InChI=1S/C19H21N3O3S/c1-3-21(12-14-8-5-4-6-9-14)16(23)13-22-17(24)19(2,20-18(22)25)15-10-7-11-26-15/h4-11H,3,12-13H2,1-2H3,(H,20,25). The lowest BCUT2D eigenvalue weighted by Crippen LogP contribution is -2.44. The topological polar surface area (TPSA) is 69.7 Å². The second kappa shape index (κ2) is 7.29. The van der Waals surface area contributed by atoms with Gasteiger partial charge in [0.2, 0.25) is 5.91 Å². The van der Waals surface area contributed by atoms with E-state index in [2.05, 4.69) is 5.32 Å². The largest absolute Gasteiger partial charge is 0.337 e. The van der Waals surface area contributed by atoms with Crippen LogP contribution >= 0.6 is 11.3 Å². The summed E-state index contributed by atoms with van der Waals surface area (Å²) >= 11 is 1.40. The Balaban J connectivity index is 1.72. The highest BCUT2D eigenvalue weighted by Gasteiger charge is 2.50. The van der Waals surface area contributed by atoms with Gasteiger partial charge in [-0.2, -0.15) is 0 Å². The third-order valence-electron chi connectivity index (χ3n) is 4.53. The van der Waals surface area contributed by atoms with Gasteiger partial charge >= 0.3 is 6.03 Å². The van der Waals surface area contributed by atoms with Gasteiger partial charge < -0.3 is 10.2 Å². The molecule has 0 aliphatic carbocycles. The number of carbonyl (C=O) groups excluding carboxylic acids is 3. The number of nitrogens with zero attached hydrogens (tertiary/aromatic N) is 2. The van der Waals surface area contributed by atoms with Crippen molar-refractivity contribution in [1.29, 1.82) is 0 Å². The average molecular weight is 371 g/mol. The summed E-state index contributed by atoms with van der Waals surface area (Å²) < 4.78 is 0. The van der Waals surface area contributed by atoms with E-state index in [1.807, 2.05) is 54.8 Å². The van der Waals surface area contributed by atoms with E-state index in [1.165, 1.54) is 11.3 Å². The molecule has 1 aromatic heterocycles. The number of likely N-dealkylation sites (N-methyl/N-ethyl adjacent to an activating group) is 1. The molecule has 6 nitrogen and oxygen atoms in total. The molecule has 3 rings (SSSR count). The molecule has 136 valence electrons. The van der Waals surface area contributed by atoms with Crippen LogP contribution in [0.15, 0.2) is 47.8 Å². The van der Waals surface area contributed by atoms with E-state index in [0.717, 1.165) is 15.3 Å². The molecule has 1 aliphatic rings. The first kappa shape index (κ1) is 18.1. The molecule has 0 radical (unpaired) electrons. The van der Waals surface area contributed by atoms with Crippen molar-refractivity contribution < 1.29 is 14.4 Å². The zero-order valence-electron chi connectivity index (χ0n) is 14.8. The van der Waals surface area contributed by atoms with Crippen LogP contribution in [0.2, 0.25) is 0 Å². The summed E-state index contributed by atoms with van der Waals surface area (Å²) in [7, 11) is 0. The zero-order chi connectivity index (χ0) is 18.7. The van der Waals surface area contributed by atoms with E-state index in [9.17, 15) is 14.4 Å². The highest BCUT2D eigenvalue weighted by molar-refractivity contribution is 7.10. The van der Waals surface area contributed by atoms with Crippen molar-refractivity contribution in [3.8, 4) is 0 Å². The molecule has 2 aromatic rings. The van der Waals surface area contributed by atoms with E-state index < -0.39 is 17.5 Å². The minimum atomic E-state index is -1.11. The Labute approximate surface area is 156 Å². The number of carbonyl (C=O) groups is 3. The van der Waals surface area contributed by atoms with Crippen LogP contribution < -0.4 is 5.32 Å². The number of rotatable bonds is 6. The van der Waals surface area contributed by atoms with Crippen LogP contribution in [0.25, 0.3) is 0 Å². The molecule has 1 aliphatic heterocycles. The fourth-order valence-electron chi connectivity index (χ4n) is 2.99. The van der Waals surface area contributed by atoms with Gasteiger partial charge in [-0.25, -0.2) is 4.79 Å². The van der Waals surface area contributed by atoms with Gasteiger partial charge in [-0.1, -0.05) is 36.4 Å². The van der Waals surface area contributed by atoms with E-state index in [4.69, 9.17) is 0 Å². The first-order valence-corrected chi connectivity index (χ1v) is 9.33. The summed E-state index contributed by atoms with van der Waals surface area (Å²) in [6.07, 6.45) is 0. The van der Waals surface area contributed by atoms with Crippen molar-refractivity contribution in [2.75, 3.05) is 13.1 Å². The maximum Gasteiger partial charge on any atom is 0.325 e. The Kier molecular flexibility index (Phi) is 5.08. The Bertz CT molecular complexity index is 807. The van der Waals surface area contributed by atoms with Crippen molar-refractivity contribution >= 4 is 29.2 Å². The molecule has 0 spiro atoms. The van der Waals surface area contributed by atoms with Gasteiger partial charge in [-0.15, -0.1) is 11.3 Å². The quantitative estimate of drug-likeness (QED) is 0.794. The summed E-state index contributed by atoms with van der Waals surface area (Å²) in [5.74, 6) is -0.649. The molecule has 1 saturated heterocycles. The van der Waals surface area contributed by atoms with Gasteiger partial charge in [0.05, 0.1) is 0 Å². The first-order valence-electron chi connectivity index (χ1n) is 8.45. The first-order chi connectivity index (χ1) is 12.5. The minimum absolute atomic E-state index is 0.254. The Hall–Kier alpha value is -2.67. The number of hydrogen-bond donors (Lipinski definition) is 1. The van der Waals surface area contributed by atoms with Gasteiger partial charge in [-0.05, 0) is 30.9 Å². The zero-order valence-corrected chi connectivity index (χ0v) is 15.6. The smallest absolute Gasteiger partial charge is 0.325 e. The van der Waals surface area contributed by atoms with Crippen molar-refractivity contribution in [3.63, 3.8) is 0 Å². The number of nitrogens with one attached hydrogen (secondary N) is 1. The molecule has 1 aromatic carbocycles. The number of amides is 4. The Morgan fingerprint density at radius 1 is 1.19 bits per heavy atom. The predicted octanol–water partition coefficient (Wildman–Crippen LogP) is 2.56. The van der Waals surface area contributed by atoms with Crippen LogP contribution in [0.1, 0.15) is 24.3 Å². The van der Waals surface area contributed by atoms with Crippen LogP contribution in [-0.2, 0) is 21.7 Å². The highest BCUT2D eigenvalue weighted by atomic mass is 32.1. The van der Waals surface area contributed by atoms with Crippen molar-refractivity contribution in [2.24, 2.45) is 0 Å². The van der Waals surface area contributed by atoms with Gasteiger partial charge in [0.1, 0.15) is 6.54 Å². The van der Waals surface area contributed by atoms with E-state index in [-0.39, 0.29) is 12.5 Å². The molecule has 0 bridgehead atoms.